The van der Waals surface area contributed by atoms with Gasteiger partial charge in [0.1, 0.15) is 0 Å². The molecule has 6 nitrogen and oxygen atoms in total. The van der Waals surface area contributed by atoms with Crippen LogP contribution in [-0.4, -0.2) is 55.6 Å². The maximum Gasteiger partial charge on any atom is 0.190 e. The predicted octanol–water partition coefficient (Wildman–Crippen LogP) is 2.60. The second-order valence-electron chi connectivity index (χ2n) is 7.05. The lowest BCUT2D eigenvalue weighted by molar-refractivity contribution is 0.127. The number of aliphatic hydroxyl groups is 1. The minimum atomic E-state index is 0. The molecule has 3 N–H and O–H groups in total. The summed E-state index contributed by atoms with van der Waals surface area (Å²) in [5, 5.41) is 17.4. The molecule has 1 atom stereocenters. The highest BCUT2D eigenvalue weighted by atomic mass is 127. The first kappa shape index (κ1) is 22.0. The molecule has 0 amide bonds. The van der Waals surface area contributed by atoms with Gasteiger partial charge in [-0.25, -0.2) is 0 Å². The van der Waals surface area contributed by atoms with E-state index in [2.05, 4.69) is 56.7 Å². The van der Waals surface area contributed by atoms with Gasteiger partial charge in [0.05, 0.1) is 6.61 Å². The molecule has 1 unspecified atom stereocenters. The van der Waals surface area contributed by atoms with Gasteiger partial charge in [-0.1, -0.05) is 18.2 Å². The van der Waals surface area contributed by atoms with Crippen molar-refractivity contribution in [3.8, 4) is 0 Å². The lowest BCUT2D eigenvalue weighted by Crippen LogP contribution is -2.44. The Balaban J connectivity index is 0.00000261. The molecule has 2 heterocycles. The Morgan fingerprint density at radius 3 is 2.89 bits per heavy atom. The summed E-state index contributed by atoms with van der Waals surface area (Å²) in [4.78, 5) is 4.31. The molecule has 0 spiro atoms. The summed E-state index contributed by atoms with van der Waals surface area (Å²) in [5.74, 6) is 0.812. The number of ether oxygens (including phenoxy) is 1. The van der Waals surface area contributed by atoms with Crippen LogP contribution in [-0.2, 0) is 11.3 Å². The molecule has 1 aromatic heterocycles. The largest absolute Gasteiger partial charge is 0.396 e. The van der Waals surface area contributed by atoms with E-state index in [-0.39, 0.29) is 36.0 Å². The fourth-order valence-electron chi connectivity index (χ4n) is 3.60. The zero-order valence-electron chi connectivity index (χ0n) is 16.0. The van der Waals surface area contributed by atoms with Gasteiger partial charge in [-0.2, -0.15) is 0 Å². The SMILES string of the molecule is CN=C(NCCCn1ccc2ccccc21)NCC1(CCO)CCOC1.I. The van der Waals surface area contributed by atoms with E-state index >= 15 is 0 Å². The molecule has 1 aliphatic rings. The Labute approximate surface area is 178 Å². The van der Waals surface area contributed by atoms with Crippen LogP contribution < -0.4 is 10.6 Å². The van der Waals surface area contributed by atoms with Crippen LogP contribution in [0.3, 0.4) is 0 Å². The van der Waals surface area contributed by atoms with Crippen LogP contribution in [0.2, 0.25) is 0 Å². The van der Waals surface area contributed by atoms with E-state index in [0.29, 0.717) is 6.61 Å². The van der Waals surface area contributed by atoms with E-state index in [0.717, 1.165) is 51.5 Å². The smallest absolute Gasteiger partial charge is 0.190 e. The fraction of sp³-hybridized carbons (Fsp3) is 0.550. The van der Waals surface area contributed by atoms with E-state index in [1.807, 2.05) is 0 Å². The van der Waals surface area contributed by atoms with Gasteiger partial charge in [0.15, 0.2) is 5.96 Å². The maximum atomic E-state index is 9.32. The Morgan fingerprint density at radius 2 is 2.15 bits per heavy atom. The van der Waals surface area contributed by atoms with Crippen LogP contribution in [0.25, 0.3) is 10.9 Å². The summed E-state index contributed by atoms with van der Waals surface area (Å²) in [5.41, 5.74) is 1.30. The minimum Gasteiger partial charge on any atom is -0.396 e. The number of halogens is 1. The van der Waals surface area contributed by atoms with Gasteiger partial charge < -0.3 is 25.0 Å². The van der Waals surface area contributed by atoms with Gasteiger partial charge in [-0.15, -0.1) is 24.0 Å². The van der Waals surface area contributed by atoms with Gasteiger partial charge in [-0.05, 0) is 36.8 Å². The van der Waals surface area contributed by atoms with Gasteiger partial charge in [0.25, 0.3) is 0 Å². The van der Waals surface area contributed by atoms with E-state index < -0.39 is 0 Å². The second-order valence-corrected chi connectivity index (χ2v) is 7.05. The number of aryl methyl sites for hydroxylation is 1. The summed E-state index contributed by atoms with van der Waals surface area (Å²) < 4.78 is 7.83. The molecule has 2 aromatic rings. The van der Waals surface area contributed by atoms with E-state index in [1.165, 1.54) is 10.9 Å². The normalized spacial score (nSPS) is 19.9. The number of nitrogens with zero attached hydrogens (tertiary/aromatic N) is 2. The van der Waals surface area contributed by atoms with E-state index in [9.17, 15) is 5.11 Å². The second kappa shape index (κ2) is 10.9. The molecule has 7 heteroatoms. The number of hydrogen-bond donors (Lipinski definition) is 3. The van der Waals surface area contributed by atoms with Gasteiger partial charge in [0.2, 0.25) is 0 Å². The summed E-state index contributed by atoms with van der Waals surface area (Å²) in [7, 11) is 1.79. The maximum absolute atomic E-state index is 9.32. The number of benzene rings is 1. The molecule has 1 saturated heterocycles. The van der Waals surface area contributed by atoms with Crippen molar-refractivity contribution in [1.29, 1.82) is 0 Å². The average Bonchev–Trinajstić information content (AvgIpc) is 3.29. The molecule has 3 rings (SSSR count). The van der Waals surface area contributed by atoms with Crippen LogP contribution in [0.15, 0.2) is 41.5 Å². The Bertz CT molecular complexity index is 726. The third-order valence-electron chi connectivity index (χ3n) is 5.23. The van der Waals surface area contributed by atoms with Gasteiger partial charge in [-0.3, -0.25) is 4.99 Å². The number of guanidine groups is 1. The number of para-hydroxylation sites is 1. The molecule has 1 aliphatic heterocycles. The first-order valence-corrected chi connectivity index (χ1v) is 9.43. The number of nitrogens with one attached hydrogen (secondary N) is 2. The zero-order chi connectivity index (χ0) is 18.2. The van der Waals surface area contributed by atoms with Crippen molar-refractivity contribution >= 4 is 40.8 Å². The highest BCUT2D eigenvalue weighted by Gasteiger charge is 2.34. The van der Waals surface area contributed by atoms with Crippen molar-refractivity contribution in [2.45, 2.75) is 25.8 Å². The molecule has 0 saturated carbocycles. The predicted molar refractivity (Wildman–Crippen MR) is 121 cm³/mol. The van der Waals surface area contributed by atoms with Crippen molar-refractivity contribution < 1.29 is 9.84 Å². The van der Waals surface area contributed by atoms with Gasteiger partial charge in [0, 0.05) is 57.0 Å². The number of aliphatic imine (C=N–C) groups is 1. The fourth-order valence-corrected chi connectivity index (χ4v) is 3.60. The monoisotopic (exact) mass is 486 g/mol. The van der Waals surface area contributed by atoms with Gasteiger partial charge >= 0.3 is 0 Å². The van der Waals surface area contributed by atoms with E-state index in [1.54, 1.807) is 7.05 Å². The first-order valence-electron chi connectivity index (χ1n) is 9.43. The molecule has 1 aromatic carbocycles. The molecule has 0 aliphatic carbocycles. The van der Waals surface area contributed by atoms with Crippen molar-refractivity contribution in [2.24, 2.45) is 10.4 Å². The third-order valence-corrected chi connectivity index (χ3v) is 5.23. The van der Waals surface area contributed by atoms with Crippen LogP contribution >= 0.6 is 24.0 Å². The van der Waals surface area contributed by atoms with Crippen molar-refractivity contribution in [2.75, 3.05) is 40.0 Å². The number of fused-ring (bicyclic) bond motifs is 1. The number of rotatable bonds is 8. The number of hydrogen-bond acceptors (Lipinski definition) is 3. The first-order chi connectivity index (χ1) is 12.8. The Morgan fingerprint density at radius 1 is 1.30 bits per heavy atom. The molecule has 27 heavy (non-hydrogen) atoms. The lowest BCUT2D eigenvalue weighted by atomic mass is 9.84. The van der Waals surface area contributed by atoms with Crippen LogP contribution in [0, 0.1) is 5.41 Å². The highest BCUT2D eigenvalue weighted by molar-refractivity contribution is 14.0. The number of aromatic nitrogens is 1. The molecule has 0 bridgehead atoms. The molecular weight excluding hydrogens is 455 g/mol. The van der Waals surface area contributed by atoms with Crippen LogP contribution in [0.1, 0.15) is 19.3 Å². The third kappa shape index (κ3) is 5.83. The standard InChI is InChI=1S/C20H30N4O2.HI/c1-21-19(23-15-20(8-13-25)9-14-26-16-20)22-10-4-11-24-12-7-17-5-2-3-6-18(17)24;/h2-3,5-7,12,25H,4,8-11,13-16H2,1H3,(H2,21,22,23);1H. The molecular formula is C20H31IN4O2. The number of aliphatic hydroxyl groups excluding tert-OH is 1. The Hall–Kier alpha value is -1.32. The minimum absolute atomic E-state index is 0. The zero-order valence-corrected chi connectivity index (χ0v) is 18.3. The van der Waals surface area contributed by atoms with Crippen molar-refractivity contribution in [1.82, 2.24) is 15.2 Å². The lowest BCUT2D eigenvalue weighted by Gasteiger charge is -2.27. The van der Waals surface area contributed by atoms with Crippen LogP contribution in [0.4, 0.5) is 0 Å². The molecule has 150 valence electrons. The molecule has 0 radical (unpaired) electrons. The topological polar surface area (TPSA) is 70.8 Å². The summed E-state index contributed by atoms with van der Waals surface area (Å²) in [6, 6.07) is 10.6. The van der Waals surface area contributed by atoms with Crippen molar-refractivity contribution in [3.63, 3.8) is 0 Å². The van der Waals surface area contributed by atoms with Crippen molar-refractivity contribution in [3.05, 3.63) is 36.5 Å². The summed E-state index contributed by atoms with van der Waals surface area (Å²) in [6.45, 7) is 4.28. The van der Waals surface area contributed by atoms with Crippen LogP contribution in [0.5, 0.6) is 0 Å². The quantitative estimate of drug-likeness (QED) is 0.232. The molecule has 1 fully saturated rings. The van der Waals surface area contributed by atoms with E-state index in [4.69, 9.17) is 4.74 Å². The summed E-state index contributed by atoms with van der Waals surface area (Å²) >= 11 is 0. The Kier molecular flexibility index (Phi) is 8.85. The average molecular weight is 486 g/mol. The highest BCUT2D eigenvalue weighted by Crippen LogP contribution is 2.31. The summed E-state index contributed by atoms with van der Waals surface area (Å²) in [6.07, 6.45) is 4.91.